The zero-order chi connectivity index (χ0) is 24.5. The monoisotopic (exact) mass is 507 g/mol. The largest absolute Gasteiger partial charge is 0.441 e. The van der Waals surface area contributed by atoms with Gasteiger partial charge in [-0.3, -0.25) is 9.69 Å². The Bertz CT molecular complexity index is 1370. The quantitative estimate of drug-likeness (QED) is 0.396. The molecule has 0 radical (unpaired) electrons. The Kier molecular flexibility index (Phi) is 6.41. The van der Waals surface area contributed by atoms with Crippen LogP contribution in [0.15, 0.2) is 78.4 Å². The number of anilines is 1. The predicted octanol–water partition coefficient (Wildman–Crippen LogP) is 6.48. The lowest BCUT2D eigenvalue weighted by molar-refractivity contribution is -0.111. The normalized spacial score (nSPS) is 19.1. The highest BCUT2D eigenvalue weighted by Crippen LogP contribution is 2.40. The number of rotatable bonds is 4. The van der Waals surface area contributed by atoms with Crippen LogP contribution < -0.4 is 5.32 Å². The number of hydrogen-bond acceptors (Lipinski definition) is 3. The lowest BCUT2D eigenvalue weighted by Crippen LogP contribution is -2.42. The van der Waals surface area contributed by atoms with Gasteiger partial charge in [0.2, 0.25) is 5.91 Å². The van der Waals surface area contributed by atoms with Gasteiger partial charge in [-0.1, -0.05) is 48.0 Å². The van der Waals surface area contributed by atoms with Crippen LogP contribution in [0.3, 0.4) is 0 Å². The minimum Gasteiger partial charge on any atom is -0.441 e. The molecule has 2 N–H and O–H groups in total. The first kappa shape index (κ1) is 23.3. The van der Waals surface area contributed by atoms with Gasteiger partial charge in [0.1, 0.15) is 12.1 Å². The third-order valence-electron chi connectivity index (χ3n) is 6.27. The van der Waals surface area contributed by atoms with E-state index in [4.69, 9.17) is 27.9 Å². The van der Waals surface area contributed by atoms with Crippen molar-refractivity contribution in [1.82, 2.24) is 9.88 Å². The zero-order valence-corrected chi connectivity index (χ0v) is 20.3. The predicted molar refractivity (Wildman–Crippen MR) is 139 cm³/mol. The zero-order valence-electron chi connectivity index (χ0n) is 18.8. The Morgan fingerprint density at radius 2 is 1.97 bits per heavy atom. The van der Waals surface area contributed by atoms with Crippen LogP contribution in [0.4, 0.5) is 10.5 Å². The summed E-state index contributed by atoms with van der Waals surface area (Å²) in [5.41, 5.74) is 4.55. The third kappa shape index (κ3) is 4.72. The molecule has 6 nitrogen and oxygen atoms in total. The summed E-state index contributed by atoms with van der Waals surface area (Å²) in [6, 6.07) is 12.8. The summed E-state index contributed by atoms with van der Waals surface area (Å²) in [6.45, 7) is 3.97. The van der Waals surface area contributed by atoms with E-state index < -0.39 is 12.1 Å². The number of ether oxygens (including phenoxy) is 1. The summed E-state index contributed by atoms with van der Waals surface area (Å²) in [6.07, 6.45) is 7.03. The average Bonchev–Trinajstić information content (AvgIpc) is 3.23. The number of H-pyrrole nitrogens is 1. The number of carbonyl (C=O) groups excluding carboxylic acids is 2. The van der Waals surface area contributed by atoms with E-state index in [1.165, 1.54) is 6.08 Å². The molecule has 1 aliphatic carbocycles. The number of halogens is 2. The Morgan fingerprint density at radius 3 is 2.69 bits per heavy atom. The highest BCUT2D eigenvalue weighted by atomic mass is 35.5. The summed E-state index contributed by atoms with van der Waals surface area (Å²) < 4.78 is 5.82. The van der Waals surface area contributed by atoms with Gasteiger partial charge in [0.05, 0.1) is 0 Å². The van der Waals surface area contributed by atoms with Crippen molar-refractivity contribution in [2.45, 2.75) is 25.0 Å². The molecule has 178 valence electrons. The topological polar surface area (TPSA) is 74.4 Å². The Balaban J connectivity index is 1.51. The first-order valence-corrected chi connectivity index (χ1v) is 12.0. The summed E-state index contributed by atoms with van der Waals surface area (Å²) in [4.78, 5) is 30.3. The van der Waals surface area contributed by atoms with E-state index in [0.717, 1.165) is 27.7 Å². The second-order valence-electron chi connectivity index (χ2n) is 8.47. The molecule has 1 aliphatic heterocycles. The van der Waals surface area contributed by atoms with Crippen LogP contribution in [0.2, 0.25) is 5.02 Å². The van der Waals surface area contributed by atoms with Crippen LogP contribution >= 0.6 is 23.2 Å². The highest BCUT2D eigenvalue weighted by molar-refractivity contribution is 6.31. The van der Waals surface area contributed by atoms with Crippen LogP contribution in [-0.2, 0) is 16.0 Å². The van der Waals surface area contributed by atoms with Crippen LogP contribution in [0.5, 0.6) is 0 Å². The third-order valence-corrected chi connectivity index (χ3v) is 6.79. The van der Waals surface area contributed by atoms with E-state index in [0.29, 0.717) is 35.1 Å². The number of benzene rings is 2. The van der Waals surface area contributed by atoms with Gasteiger partial charge in [0.15, 0.2) is 0 Å². The van der Waals surface area contributed by atoms with E-state index in [9.17, 15) is 9.59 Å². The number of aromatic amines is 1. The minimum absolute atomic E-state index is 0.287. The number of nitrogens with zero attached hydrogens (tertiary/aromatic N) is 1. The first-order chi connectivity index (χ1) is 16.9. The number of aromatic nitrogens is 1. The molecule has 2 atom stereocenters. The lowest BCUT2D eigenvalue weighted by Gasteiger charge is -2.36. The number of allylic oxidation sites excluding steroid dienone is 2. The number of fused-ring (bicyclic) bond motifs is 3. The molecule has 2 unspecified atom stereocenters. The van der Waals surface area contributed by atoms with Crippen molar-refractivity contribution in [2.24, 2.45) is 0 Å². The maximum atomic E-state index is 13.4. The Hall–Kier alpha value is -3.48. The van der Waals surface area contributed by atoms with E-state index >= 15 is 0 Å². The molecule has 2 aromatic carbocycles. The van der Waals surface area contributed by atoms with Gasteiger partial charge in [-0.05, 0) is 66.1 Å². The number of hydrogen-bond donors (Lipinski definition) is 2. The second-order valence-corrected chi connectivity index (χ2v) is 9.35. The fourth-order valence-electron chi connectivity index (χ4n) is 4.61. The Morgan fingerprint density at radius 1 is 1.17 bits per heavy atom. The van der Waals surface area contributed by atoms with Crippen LogP contribution in [-0.4, -0.2) is 34.5 Å². The first-order valence-electron chi connectivity index (χ1n) is 11.3. The van der Waals surface area contributed by atoms with Crippen molar-refractivity contribution in [1.29, 1.82) is 0 Å². The van der Waals surface area contributed by atoms with Crippen molar-refractivity contribution >= 4 is 51.8 Å². The lowest BCUT2D eigenvalue weighted by atomic mass is 9.92. The number of carbonyl (C=O) groups is 2. The maximum absolute atomic E-state index is 13.4. The SMILES string of the molecule is C=CC(=O)Nc1ccc(C2c3[nH]c4ccc(Cl)cc4c3CCN2C(=O)OC2C=CC(Cl)=CC2)cc1. The molecule has 0 spiro atoms. The molecule has 2 amide bonds. The molecule has 1 aromatic heterocycles. The van der Waals surface area contributed by atoms with Gasteiger partial charge in [0, 0.05) is 45.3 Å². The van der Waals surface area contributed by atoms with Crippen LogP contribution in [0.25, 0.3) is 10.9 Å². The van der Waals surface area contributed by atoms with Gasteiger partial charge in [0.25, 0.3) is 0 Å². The molecule has 35 heavy (non-hydrogen) atoms. The second kappa shape index (κ2) is 9.64. The maximum Gasteiger partial charge on any atom is 0.411 e. The smallest absolute Gasteiger partial charge is 0.411 e. The molecular weight excluding hydrogens is 485 g/mol. The molecule has 8 heteroatoms. The summed E-state index contributed by atoms with van der Waals surface area (Å²) in [5, 5.41) is 5.10. The number of nitrogens with one attached hydrogen (secondary N) is 2. The molecular formula is C27H23Cl2N3O3. The van der Waals surface area contributed by atoms with Crippen molar-refractivity contribution in [3.63, 3.8) is 0 Å². The van der Waals surface area contributed by atoms with Gasteiger partial charge in [-0.25, -0.2) is 4.79 Å². The van der Waals surface area contributed by atoms with E-state index in [2.05, 4.69) is 16.9 Å². The van der Waals surface area contributed by atoms with Crippen molar-refractivity contribution in [3.8, 4) is 0 Å². The van der Waals surface area contributed by atoms with E-state index in [-0.39, 0.29) is 12.0 Å². The van der Waals surface area contributed by atoms with E-state index in [1.54, 1.807) is 17.1 Å². The highest BCUT2D eigenvalue weighted by Gasteiger charge is 2.36. The Labute approximate surface area is 212 Å². The molecule has 2 aliphatic rings. The van der Waals surface area contributed by atoms with Gasteiger partial charge in [-0.2, -0.15) is 0 Å². The molecule has 3 aromatic rings. The van der Waals surface area contributed by atoms with E-state index in [1.807, 2.05) is 48.5 Å². The standard InChI is InChI=1S/C27H23Cl2N3O3/c1-2-24(33)30-19-8-3-16(4-9-19)26-25-21(22-15-18(29)7-12-23(22)31-25)13-14-32(26)27(34)35-20-10-5-17(28)6-11-20/h2-10,12,15,20,26,31H,1,11,13-14H2,(H,30,33). The number of amides is 2. The molecule has 0 saturated heterocycles. The molecule has 0 fully saturated rings. The molecule has 0 bridgehead atoms. The fraction of sp³-hybridized carbons (Fsp3) is 0.185. The molecule has 0 saturated carbocycles. The van der Waals surface area contributed by atoms with Gasteiger partial charge >= 0.3 is 6.09 Å². The molecule has 5 rings (SSSR count). The van der Waals surface area contributed by atoms with Crippen molar-refractivity contribution < 1.29 is 14.3 Å². The summed E-state index contributed by atoms with van der Waals surface area (Å²) in [7, 11) is 0. The average molecular weight is 508 g/mol. The fourth-order valence-corrected chi connectivity index (χ4v) is 4.94. The van der Waals surface area contributed by atoms with Gasteiger partial charge in [-0.15, -0.1) is 0 Å². The van der Waals surface area contributed by atoms with Gasteiger partial charge < -0.3 is 15.0 Å². The molecule has 2 heterocycles. The summed E-state index contributed by atoms with van der Waals surface area (Å²) in [5.74, 6) is -0.287. The van der Waals surface area contributed by atoms with Crippen molar-refractivity contribution in [2.75, 3.05) is 11.9 Å². The van der Waals surface area contributed by atoms with Crippen molar-refractivity contribution in [3.05, 3.63) is 100 Å². The minimum atomic E-state index is -0.401. The van der Waals surface area contributed by atoms with Crippen LogP contribution in [0.1, 0.15) is 29.3 Å². The van der Waals surface area contributed by atoms with Crippen LogP contribution in [0, 0.1) is 0 Å². The summed E-state index contributed by atoms with van der Waals surface area (Å²) >= 11 is 12.3.